The van der Waals surface area contributed by atoms with E-state index in [0.29, 0.717) is 6.10 Å². The second-order valence-corrected chi connectivity index (χ2v) is 5.71. The van der Waals surface area contributed by atoms with Crippen molar-refractivity contribution in [3.8, 4) is 11.5 Å². The van der Waals surface area contributed by atoms with Gasteiger partial charge in [-0.1, -0.05) is 18.2 Å². The van der Waals surface area contributed by atoms with E-state index < -0.39 is 0 Å². The van der Waals surface area contributed by atoms with Crippen molar-refractivity contribution in [2.75, 3.05) is 31.6 Å². The first kappa shape index (κ1) is 15.8. The maximum absolute atomic E-state index is 5.78. The predicted molar refractivity (Wildman–Crippen MR) is 93.3 cm³/mol. The van der Waals surface area contributed by atoms with Crippen molar-refractivity contribution >= 4 is 5.69 Å². The smallest absolute Gasteiger partial charge is 0.127 e. The number of benzene rings is 2. The van der Waals surface area contributed by atoms with Gasteiger partial charge in [-0.3, -0.25) is 0 Å². The monoisotopic (exact) mass is 312 g/mol. The van der Waals surface area contributed by atoms with E-state index in [4.69, 9.17) is 9.47 Å². The number of hydrogen-bond donors (Lipinski definition) is 2. The average molecular weight is 312 g/mol. The van der Waals surface area contributed by atoms with Gasteiger partial charge in [-0.25, -0.2) is 0 Å². The summed E-state index contributed by atoms with van der Waals surface area (Å²) in [5.74, 6) is 1.70. The Bertz CT molecular complexity index is 566. The Morgan fingerprint density at radius 1 is 0.957 bits per heavy atom. The molecule has 1 saturated heterocycles. The summed E-state index contributed by atoms with van der Waals surface area (Å²) in [4.78, 5) is 0. The lowest BCUT2D eigenvalue weighted by molar-refractivity contribution is 0.110. The summed E-state index contributed by atoms with van der Waals surface area (Å²) in [7, 11) is 0. The zero-order chi connectivity index (χ0) is 15.7. The first-order valence-electron chi connectivity index (χ1n) is 8.29. The molecule has 3 rings (SSSR count). The number of hydrogen-bond acceptors (Lipinski definition) is 4. The minimum absolute atomic E-state index is 0.407. The summed E-state index contributed by atoms with van der Waals surface area (Å²) in [5.41, 5.74) is 1.10. The van der Waals surface area contributed by atoms with Crippen LogP contribution in [0.4, 0.5) is 5.69 Å². The van der Waals surface area contributed by atoms with Crippen molar-refractivity contribution in [2.24, 2.45) is 0 Å². The molecule has 4 heteroatoms. The Morgan fingerprint density at radius 2 is 1.74 bits per heavy atom. The van der Waals surface area contributed by atoms with Crippen LogP contribution in [-0.4, -0.2) is 32.3 Å². The lowest BCUT2D eigenvalue weighted by atomic mass is 10.2. The first-order valence-corrected chi connectivity index (χ1v) is 8.29. The van der Waals surface area contributed by atoms with Gasteiger partial charge in [0.25, 0.3) is 0 Å². The van der Waals surface area contributed by atoms with Crippen LogP contribution in [0.25, 0.3) is 0 Å². The van der Waals surface area contributed by atoms with Crippen molar-refractivity contribution in [2.45, 2.75) is 18.9 Å². The minimum atomic E-state index is 0.407. The van der Waals surface area contributed by atoms with E-state index in [1.54, 1.807) is 0 Å². The Balaban J connectivity index is 1.36. The molecule has 4 nitrogen and oxygen atoms in total. The molecule has 23 heavy (non-hydrogen) atoms. The molecule has 2 aromatic rings. The third-order valence-electron chi connectivity index (χ3n) is 3.86. The summed E-state index contributed by atoms with van der Waals surface area (Å²) < 4.78 is 11.4. The van der Waals surface area contributed by atoms with E-state index in [1.807, 2.05) is 54.6 Å². The largest absolute Gasteiger partial charge is 0.457 e. The van der Waals surface area contributed by atoms with E-state index in [-0.39, 0.29) is 0 Å². The fourth-order valence-electron chi connectivity index (χ4n) is 2.63. The molecule has 1 unspecified atom stereocenters. The Kier molecular flexibility index (Phi) is 5.89. The van der Waals surface area contributed by atoms with Crippen LogP contribution in [-0.2, 0) is 4.74 Å². The molecule has 1 aliphatic rings. The summed E-state index contributed by atoms with van der Waals surface area (Å²) >= 11 is 0. The Labute approximate surface area is 137 Å². The second kappa shape index (κ2) is 8.56. The standard InChI is InChI=1S/C19H24N2O2/c1-2-5-17(6-3-1)23-18-10-8-16(9-11-18)21-13-12-20-15-19-7-4-14-22-19/h1-3,5-6,8-11,19-21H,4,7,12-15H2. The van der Waals surface area contributed by atoms with Gasteiger partial charge in [-0.15, -0.1) is 0 Å². The van der Waals surface area contributed by atoms with Crippen LogP contribution in [0.2, 0.25) is 0 Å². The maximum atomic E-state index is 5.78. The molecule has 2 aromatic carbocycles. The van der Waals surface area contributed by atoms with E-state index in [2.05, 4.69) is 10.6 Å². The number of para-hydroxylation sites is 1. The second-order valence-electron chi connectivity index (χ2n) is 5.71. The summed E-state index contributed by atoms with van der Waals surface area (Å²) in [6.45, 7) is 3.70. The van der Waals surface area contributed by atoms with Gasteiger partial charge < -0.3 is 20.1 Å². The van der Waals surface area contributed by atoms with Gasteiger partial charge in [0.2, 0.25) is 0 Å². The van der Waals surface area contributed by atoms with Crippen LogP contribution in [0.15, 0.2) is 54.6 Å². The molecule has 2 N–H and O–H groups in total. The fourth-order valence-corrected chi connectivity index (χ4v) is 2.63. The van der Waals surface area contributed by atoms with E-state index in [0.717, 1.165) is 43.4 Å². The van der Waals surface area contributed by atoms with Gasteiger partial charge in [-0.05, 0) is 49.2 Å². The predicted octanol–water partition coefficient (Wildman–Crippen LogP) is 3.66. The van der Waals surface area contributed by atoms with Gasteiger partial charge in [0.1, 0.15) is 11.5 Å². The normalized spacial score (nSPS) is 17.1. The first-order chi connectivity index (χ1) is 11.4. The van der Waals surface area contributed by atoms with Crippen molar-refractivity contribution < 1.29 is 9.47 Å². The van der Waals surface area contributed by atoms with E-state index in [9.17, 15) is 0 Å². The van der Waals surface area contributed by atoms with Crippen LogP contribution < -0.4 is 15.4 Å². The van der Waals surface area contributed by atoms with Crippen molar-refractivity contribution in [1.82, 2.24) is 5.32 Å². The molecule has 0 aromatic heterocycles. The number of ether oxygens (including phenoxy) is 2. The molecule has 1 fully saturated rings. The summed E-state index contributed by atoms with van der Waals surface area (Å²) in [5, 5.41) is 6.83. The van der Waals surface area contributed by atoms with Gasteiger partial charge in [0, 0.05) is 31.9 Å². The van der Waals surface area contributed by atoms with Crippen LogP contribution in [0, 0.1) is 0 Å². The molecule has 1 heterocycles. The molecule has 0 saturated carbocycles. The summed E-state index contributed by atoms with van der Waals surface area (Å²) in [6.07, 6.45) is 2.79. The molecular formula is C19H24N2O2. The highest BCUT2D eigenvalue weighted by Gasteiger charge is 2.13. The van der Waals surface area contributed by atoms with E-state index in [1.165, 1.54) is 12.8 Å². The van der Waals surface area contributed by atoms with Crippen molar-refractivity contribution in [1.29, 1.82) is 0 Å². The lowest BCUT2D eigenvalue weighted by Gasteiger charge is -2.12. The van der Waals surface area contributed by atoms with Crippen LogP contribution in [0.1, 0.15) is 12.8 Å². The zero-order valence-electron chi connectivity index (χ0n) is 13.3. The fraction of sp³-hybridized carbons (Fsp3) is 0.368. The van der Waals surface area contributed by atoms with Crippen molar-refractivity contribution in [3.63, 3.8) is 0 Å². The average Bonchev–Trinajstić information content (AvgIpc) is 3.10. The zero-order valence-corrected chi connectivity index (χ0v) is 13.3. The molecule has 0 radical (unpaired) electrons. The van der Waals surface area contributed by atoms with Gasteiger partial charge in [0.15, 0.2) is 0 Å². The molecule has 1 aliphatic heterocycles. The Hall–Kier alpha value is -2.04. The van der Waals surface area contributed by atoms with Gasteiger partial charge >= 0.3 is 0 Å². The molecule has 122 valence electrons. The quantitative estimate of drug-likeness (QED) is 0.730. The van der Waals surface area contributed by atoms with E-state index >= 15 is 0 Å². The van der Waals surface area contributed by atoms with Gasteiger partial charge in [-0.2, -0.15) is 0 Å². The maximum Gasteiger partial charge on any atom is 0.127 e. The highest BCUT2D eigenvalue weighted by Crippen LogP contribution is 2.22. The number of nitrogens with one attached hydrogen (secondary N) is 2. The SMILES string of the molecule is c1ccc(Oc2ccc(NCCNCC3CCCO3)cc2)cc1. The number of rotatable bonds is 8. The molecule has 0 bridgehead atoms. The molecule has 0 amide bonds. The number of anilines is 1. The van der Waals surface area contributed by atoms with Crippen molar-refractivity contribution in [3.05, 3.63) is 54.6 Å². The molecule has 0 spiro atoms. The molecular weight excluding hydrogens is 288 g/mol. The third kappa shape index (κ3) is 5.27. The highest BCUT2D eigenvalue weighted by atomic mass is 16.5. The summed E-state index contributed by atoms with van der Waals surface area (Å²) in [6, 6.07) is 17.9. The Morgan fingerprint density at radius 3 is 2.48 bits per heavy atom. The van der Waals surface area contributed by atoms with Crippen LogP contribution in [0.5, 0.6) is 11.5 Å². The molecule has 1 atom stereocenters. The highest BCUT2D eigenvalue weighted by molar-refractivity contribution is 5.47. The topological polar surface area (TPSA) is 42.5 Å². The van der Waals surface area contributed by atoms with Crippen LogP contribution in [0.3, 0.4) is 0 Å². The van der Waals surface area contributed by atoms with Gasteiger partial charge in [0.05, 0.1) is 6.10 Å². The lowest BCUT2D eigenvalue weighted by Crippen LogP contribution is -2.30. The van der Waals surface area contributed by atoms with Crippen LogP contribution >= 0.6 is 0 Å². The minimum Gasteiger partial charge on any atom is -0.457 e. The molecule has 0 aliphatic carbocycles. The third-order valence-corrected chi connectivity index (χ3v) is 3.86.